The number of aromatic nitrogens is 2. The van der Waals surface area contributed by atoms with Crippen LogP contribution >= 0.6 is 27.3 Å². The van der Waals surface area contributed by atoms with Crippen LogP contribution in [0.15, 0.2) is 22.2 Å². The molecule has 0 spiro atoms. The smallest absolute Gasteiger partial charge is 0.131 e. The van der Waals surface area contributed by atoms with Crippen molar-refractivity contribution < 1.29 is 0 Å². The van der Waals surface area contributed by atoms with E-state index in [9.17, 15) is 0 Å². The first-order valence-electron chi connectivity index (χ1n) is 5.61. The lowest BCUT2D eigenvalue weighted by atomic mass is 10.2. The molecule has 1 N–H and O–H groups in total. The molecule has 0 aliphatic rings. The molecule has 0 aliphatic heterocycles. The van der Waals surface area contributed by atoms with E-state index in [0.717, 1.165) is 12.4 Å². The van der Waals surface area contributed by atoms with Gasteiger partial charge < -0.3 is 9.88 Å². The molecule has 0 saturated carbocycles. The standard InChI is InChI=1S/C12H16BrN3S/c1-4-16-6-5-15-12(16)10(14-3)9-7-8(2)11(13)17-9/h5-7,10,14H,4H2,1-3H3. The molecule has 5 heteroatoms. The highest BCUT2D eigenvalue weighted by Crippen LogP contribution is 2.33. The number of halogens is 1. The number of hydrogen-bond acceptors (Lipinski definition) is 3. The van der Waals surface area contributed by atoms with E-state index < -0.39 is 0 Å². The van der Waals surface area contributed by atoms with Crippen LogP contribution in [-0.4, -0.2) is 16.6 Å². The van der Waals surface area contributed by atoms with Crippen molar-refractivity contribution in [2.45, 2.75) is 26.4 Å². The Labute approximate surface area is 114 Å². The van der Waals surface area contributed by atoms with Gasteiger partial charge >= 0.3 is 0 Å². The minimum atomic E-state index is 0.167. The Balaban J connectivity index is 2.40. The molecule has 17 heavy (non-hydrogen) atoms. The molecule has 0 fully saturated rings. The molecule has 3 nitrogen and oxygen atoms in total. The number of thiophene rings is 1. The van der Waals surface area contributed by atoms with Crippen molar-refractivity contribution >= 4 is 27.3 Å². The topological polar surface area (TPSA) is 29.9 Å². The minimum Gasteiger partial charge on any atom is -0.334 e. The fourth-order valence-corrected chi connectivity index (χ4v) is 3.55. The number of nitrogens with one attached hydrogen (secondary N) is 1. The summed E-state index contributed by atoms with van der Waals surface area (Å²) in [7, 11) is 1.97. The Morgan fingerprint density at radius 2 is 2.35 bits per heavy atom. The van der Waals surface area contributed by atoms with Gasteiger partial charge in [-0.25, -0.2) is 4.98 Å². The van der Waals surface area contributed by atoms with Crippen molar-refractivity contribution in [3.63, 3.8) is 0 Å². The van der Waals surface area contributed by atoms with Gasteiger partial charge in [0, 0.05) is 23.8 Å². The zero-order chi connectivity index (χ0) is 12.4. The van der Waals surface area contributed by atoms with Gasteiger partial charge in [0.15, 0.2) is 0 Å². The molecule has 2 heterocycles. The molecular weight excluding hydrogens is 298 g/mol. The summed E-state index contributed by atoms with van der Waals surface area (Å²) in [5, 5.41) is 3.34. The van der Waals surface area contributed by atoms with Crippen molar-refractivity contribution in [1.82, 2.24) is 14.9 Å². The Hall–Kier alpha value is -0.650. The van der Waals surface area contributed by atoms with Gasteiger partial charge in [-0.1, -0.05) is 0 Å². The first-order chi connectivity index (χ1) is 8.17. The maximum absolute atomic E-state index is 4.47. The molecule has 1 unspecified atom stereocenters. The molecule has 2 rings (SSSR count). The third kappa shape index (κ3) is 2.46. The molecule has 0 radical (unpaired) electrons. The lowest BCUT2D eigenvalue weighted by Gasteiger charge is -2.15. The van der Waals surface area contributed by atoms with Crippen LogP contribution in [0.2, 0.25) is 0 Å². The normalized spacial score (nSPS) is 12.9. The second kappa shape index (κ2) is 5.33. The van der Waals surface area contributed by atoms with Crippen LogP contribution in [0.3, 0.4) is 0 Å². The summed E-state index contributed by atoms with van der Waals surface area (Å²) < 4.78 is 3.37. The monoisotopic (exact) mass is 313 g/mol. The van der Waals surface area contributed by atoms with Gasteiger partial charge in [0.1, 0.15) is 11.9 Å². The summed E-state index contributed by atoms with van der Waals surface area (Å²) in [6.45, 7) is 5.19. The van der Waals surface area contributed by atoms with Gasteiger partial charge in [-0.2, -0.15) is 0 Å². The van der Waals surface area contributed by atoms with Crippen molar-refractivity contribution in [2.24, 2.45) is 0 Å². The fourth-order valence-electron chi connectivity index (χ4n) is 1.87. The van der Waals surface area contributed by atoms with Crippen molar-refractivity contribution in [2.75, 3.05) is 7.05 Å². The highest BCUT2D eigenvalue weighted by Gasteiger charge is 2.19. The maximum Gasteiger partial charge on any atom is 0.131 e. The summed E-state index contributed by atoms with van der Waals surface area (Å²) in [5.41, 5.74) is 1.28. The van der Waals surface area contributed by atoms with Crippen molar-refractivity contribution in [3.8, 4) is 0 Å². The van der Waals surface area contributed by atoms with Gasteiger partial charge in [-0.3, -0.25) is 0 Å². The molecule has 92 valence electrons. The third-order valence-electron chi connectivity index (χ3n) is 2.80. The Morgan fingerprint density at radius 1 is 1.59 bits per heavy atom. The molecule has 0 saturated heterocycles. The number of rotatable bonds is 4. The van der Waals surface area contributed by atoms with Gasteiger partial charge in [0.25, 0.3) is 0 Å². The van der Waals surface area contributed by atoms with E-state index in [2.05, 4.69) is 50.7 Å². The average Bonchev–Trinajstić information content (AvgIpc) is 2.89. The SMILES string of the molecule is CCn1ccnc1C(NC)c1cc(C)c(Br)s1. The molecule has 2 aromatic rings. The Morgan fingerprint density at radius 3 is 2.88 bits per heavy atom. The lowest BCUT2D eigenvalue weighted by molar-refractivity contribution is 0.597. The molecule has 2 aromatic heterocycles. The maximum atomic E-state index is 4.47. The van der Waals surface area contributed by atoms with Crippen LogP contribution < -0.4 is 5.32 Å². The van der Waals surface area contributed by atoms with Crippen LogP contribution in [-0.2, 0) is 6.54 Å². The van der Waals surface area contributed by atoms with E-state index in [4.69, 9.17) is 0 Å². The number of imidazole rings is 1. The molecular formula is C12H16BrN3S. The van der Waals surface area contributed by atoms with Gasteiger partial charge in [-0.15, -0.1) is 11.3 Å². The second-order valence-corrected chi connectivity index (χ2v) is 6.30. The summed E-state index contributed by atoms with van der Waals surface area (Å²) in [5.74, 6) is 1.07. The molecule has 1 atom stereocenters. The van der Waals surface area contributed by atoms with E-state index in [0.29, 0.717) is 0 Å². The molecule has 0 aliphatic carbocycles. The summed E-state index contributed by atoms with van der Waals surface area (Å²) in [4.78, 5) is 5.75. The van der Waals surface area contributed by atoms with Crippen LogP contribution in [0, 0.1) is 6.92 Å². The van der Waals surface area contributed by atoms with Gasteiger partial charge in [0.05, 0.1) is 3.79 Å². The van der Waals surface area contributed by atoms with Crippen molar-refractivity contribution in [3.05, 3.63) is 38.5 Å². The second-order valence-electron chi connectivity index (χ2n) is 3.90. The van der Waals surface area contributed by atoms with Crippen LogP contribution in [0.5, 0.6) is 0 Å². The first kappa shape index (κ1) is 12.8. The van der Waals surface area contributed by atoms with E-state index in [1.165, 1.54) is 14.2 Å². The summed E-state index contributed by atoms with van der Waals surface area (Å²) >= 11 is 5.34. The molecule has 0 bridgehead atoms. The Bertz CT molecular complexity index is 484. The predicted molar refractivity (Wildman–Crippen MR) is 75.6 cm³/mol. The number of aryl methyl sites for hydroxylation is 2. The Kier molecular flexibility index (Phi) is 4.01. The highest BCUT2D eigenvalue weighted by atomic mass is 79.9. The largest absolute Gasteiger partial charge is 0.334 e. The number of hydrogen-bond donors (Lipinski definition) is 1. The van der Waals surface area contributed by atoms with E-state index in [1.807, 2.05) is 19.4 Å². The quantitative estimate of drug-likeness (QED) is 0.938. The summed E-state index contributed by atoms with van der Waals surface area (Å²) in [6.07, 6.45) is 3.88. The van der Waals surface area contributed by atoms with E-state index in [1.54, 1.807) is 11.3 Å². The fraction of sp³-hybridized carbons (Fsp3) is 0.417. The summed E-state index contributed by atoms with van der Waals surface area (Å²) in [6, 6.07) is 2.38. The van der Waals surface area contributed by atoms with Gasteiger partial charge in [0.2, 0.25) is 0 Å². The zero-order valence-corrected chi connectivity index (χ0v) is 12.6. The van der Waals surface area contributed by atoms with Crippen LogP contribution in [0.25, 0.3) is 0 Å². The van der Waals surface area contributed by atoms with E-state index in [-0.39, 0.29) is 6.04 Å². The van der Waals surface area contributed by atoms with Crippen LogP contribution in [0.1, 0.15) is 29.2 Å². The molecule has 0 amide bonds. The molecule has 0 aromatic carbocycles. The van der Waals surface area contributed by atoms with E-state index >= 15 is 0 Å². The first-order valence-corrected chi connectivity index (χ1v) is 7.22. The zero-order valence-electron chi connectivity index (χ0n) is 10.2. The van der Waals surface area contributed by atoms with Gasteiger partial charge in [-0.05, 0) is 48.5 Å². The van der Waals surface area contributed by atoms with Crippen LogP contribution in [0.4, 0.5) is 0 Å². The average molecular weight is 314 g/mol. The minimum absolute atomic E-state index is 0.167. The lowest BCUT2D eigenvalue weighted by Crippen LogP contribution is -2.20. The predicted octanol–water partition coefficient (Wildman–Crippen LogP) is 3.34. The van der Waals surface area contributed by atoms with Crippen molar-refractivity contribution in [1.29, 1.82) is 0 Å². The third-order valence-corrected chi connectivity index (χ3v) is 5.00. The highest BCUT2D eigenvalue weighted by molar-refractivity contribution is 9.11. The number of nitrogens with zero attached hydrogens (tertiary/aromatic N) is 2.